The highest BCUT2D eigenvalue weighted by Gasteiger charge is 2.40. The first-order valence-corrected chi connectivity index (χ1v) is 14.9. The average molecular weight is 611 g/mol. The molecule has 1 aromatic heterocycles. The Morgan fingerprint density at radius 3 is 2.61 bits per heavy atom. The van der Waals surface area contributed by atoms with Crippen molar-refractivity contribution >= 4 is 16.8 Å². The lowest BCUT2D eigenvalue weighted by atomic mass is 9.73. The second-order valence-electron chi connectivity index (χ2n) is 11.4. The van der Waals surface area contributed by atoms with Crippen LogP contribution in [0.15, 0.2) is 36.5 Å². The zero-order valence-electron chi connectivity index (χ0n) is 24.8. The molecule has 0 radical (unpaired) electrons. The van der Waals surface area contributed by atoms with Crippen molar-refractivity contribution in [2.75, 3.05) is 53.0 Å². The van der Waals surface area contributed by atoms with Crippen LogP contribution in [0.25, 0.3) is 10.9 Å². The number of piperidine rings is 1. The van der Waals surface area contributed by atoms with E-state index in [1.807, 2.05) is 34.8 Å². The van der Waals surface area contributed by atoms with E-state index in [2.05, 4.69) is 16.7 Å². The summed E-state index contributed by atoms with van der Waals surface area (Å²) in [4.78, 5) is 22.1. The lowest BCUT2D eigenvalue weighted by molar-refractivity contribution is -0.143. The van der Waals surface area contributed by atoms with Crippen LogP contribution in [0.4, 0.5) is 13.2 Å². The summed E-state index contributed by atoms with van der Waals surface area (Å²) in [5, 5.41) is 10.7. The fraction of sp³-hybridized carbons (Fsp3) is 0.455. The molecule has 5 rings (SSSR count). The number of nitrogens with zero attached hydrogens (tertiary/aromatic N) is 3. The fourth-order valence-corrected chi connectivity index (χ4v) is 6.17. The molecule has 3 heterocycles. The maximum absolute atomic E-state index is 13.9. The van der Waals surface area contributed by atoms with Crippen molar-refractivity contribution in [2.45, 2.75) is 38.6 Å². The Morgan fingerprint density at radius 2 is 1.89 bits per heavy atom. The smallest absolute Gasteiger partial charge is 0.249 e. The predicted molar refractivity (Wildman–Crippen MR) is 159 cm³/mol. The zero-order valence-corrected chi connectivity index (χ0v) is 24.8. The van der Waals surface area contributed by atoms with Gasteiger partial charge in [-0.15, -0.1) is 0 Å². The number of pyridine rings is 1. The van der Waals surface area contributed by atoms with Gasteiger partial charge in [0.25, 0.3) is 0 Å². The number of benzene rings is 2. The highest BCUT2D eigenvalue weighted by molar-refractivity contribution is 5.85. The van der Waals surface area contributed by atoms with Crippen molar-refractivity contribution < 1.29 is 32.6 Å². The number of carbonyl (C=O) groups excluding carboxylic acids is 1. The Hall–Kier alpha value is -3.69. The van der Waals surface area contributed by atoms with Gasteiger partial charge in [-0.3, -0.25) is 24.8 Å². The standard InChI is InChI=1S/C33H37F3N4O4/c1-43-26-6-7-30-28(20-26)27(24(21-37-30)22-40-14-16-44-17-15-40)5-2-8-33(32(41)38-42)9-12-39(13-10-33)11-3-4-23-18-25(34)19-29(35)31(23)36/h6-7,18-21,42H,2,5,8-17,22H2,1H3,(H,38,41). The number of methoxy groups -OCH3 is 1. The van der Waals surface area contributed by atoms with Crippen LogP contribution in [0.5, 0.6) is 5.75 Å². The number of amides is 1. The molecule has 2 aromatic carbocycles. The molecule has 2 N–H and O–H groups in total. The number of nitrogens with one attached hydrogen (secondary N) is 1. The zero-order chi connectivity index (χ0) is 31.1. The molecule has 2 fully saturated rings. The molecule has 2 aliphatic rings. The van der Waals surface area contributed by atoms with E-state index in [4.69, 9.17) is 14.5 Å². The molecule has 0 spiro atoms. The van der Waals surface area contributed by atoms with E-state index in [0.717, 1.165) is 54.3 Å². The summed E-state index contributed by atoms with van der Waals surface area (Å²) in [6, 6.07) is 7.21. The van der Waals surface area contributed by atoms with Crippen LogP contribution in [0.3, 0.4) is 0 Å². The van der Waals surface area contributed by atoms with Crippen LogP contribution in [0.2, 0.25) is 0 Å². The van der Waals surface area contributed by atoms with Crippen molar-refractivity contribution in [3.05, 3.63) is 70.7 Å². The van der Waals surface area contributed by atoms with Crippen molar-refractivity contribution in [3.8, 4) is 17.6 Å². The SMILES string of the molecule is COc1ccc2ncc(CN3CCOCC3)c(CCCC3(C(=O)NO)CCN(CC#Cc4cc(F)cc(F)c4F)CC3)c2c1. The Morgan fingerprint density at radius 1 is 1.11 bits per heavy atom. The largest absolute Gasteiger partial charge is 0.497 e. The van der Waals surface area contributed by atoms with Gasteiger partial charge in [-0.2, -0.15) is 0 Å². The van der Waals surface area contributed by atoms with Crippen LogP contribution < -0.4 is 10.2 Å². The van der Waals surface area contributed by atoms with E-state index >= 15 is 0 Å². The monoisotopic (exact) mass is 610 g/mol. The number of likely N-dealkylation sites (tertiary alicyclic amines) is 1. The number of fused-ring (bicyclic) bond motifs is 1. The van der Waals surface area contributed by atoms with Crippen molar-refractivity contribution in [3.63, 3.8) is 0 Å². The third kappa shape index (κ3) is 7.33. The molecule has 2 aliphatic heterocycles. The average Bonchev–Trinajstić information content (AvgIpc) is 3.04. The fourth-order valence-electron chi connectivity index (χ4n) is 6.17. The topological polar surface area (TPSA) is 87.2 Å². The molecular weight excluding hydrogens is 573 g/mol. The van der Waals surface area contributed by atoms with Gasteiger partial charge in [0.15, 0.2) is 11.6 Å². The molecule has 0 bridgehead atoms. The molecule has 0 atom stereocenters. The first-order valence-electron chi connectivity index (χ1n) is 14.9. The number of morpholine rings is 1. The van der Waals surface area contributed by atoms with E-state index in [1.165, 1.54) is 5.56 Å². The quantitative estimate of drug-likeness (QED) is 0.160. The molecule has 0 aliphatic carbocycles. The Bertz CT molecular complexity index is 1540. The lowest BCUT2D eigenvalue weighted by Crippen LogP contribution is -2.48. The number of carbonyl (C=O) groups is 1. The number of halogens is 3. The van der Waals surface area contributed by atoms with E-state index < -0.39 is 28.8 Å². The van der Waals surface area contributed by atoms with Crippen LogP contribution in [0.1, 0.15) is 42.4 Å². The minimum absolute atomic E-state index is 0.254. The highest BCUT2D eigenvalue weighted by atomic mass is 19.2. The molecule has 3 aromatic rings. The number of aromatic nitrogens is 1. The number of ether oxygens (including phenoxy) is 2. The van der Waals surface area contributed by atoms with E-state index in [9.17, 15) is 23.2 Å². The second-order valence-corrected chi connectivity index (χ2v) is 11.4. The summed E-state index contributed by atoms with van der Waals surface area (Å²) in [5.74, 6) is 2.31. The maximum Gasteiger partial charge on any atom is 0.249 e. The first-order chi connectivity index (χ1) is 21.3. The number of hydroxylamine groups is 1. The summed E-state index contributed by atoms with van der Waals surface area (Å²) in [5.41, 5.74) is 3.98. The second kappa shape index (κ2) is 14.4. The van der Waals surface area contributed by atoms with Crippen LogP contribution in [-0.2, 0) is 22.5 Å². The number of aryl methyl sites for hydroxylation is 1. The van der Waals surface area contributed by atoms with E-state index in [1.54, 1.807) is 7.11 Å². The van der Waals surface area contributed by atoms with Gasteiger partial charge in [0, 0.05) is 50.4 Å². The van der Waals surface area contributed by atoms with Gasteiger partial charge in [-0.25, -0.2) is 18.7 Å². The van der Waals surface area contributed by atoms with Crippen LogP contribution in [-0.4, -0.2) is 78.9 Å². The van der Waals surface area contributed by atoms with E-state index in [-0.39, 0.29) is 12.1 Å². The minimum Gasteiger partial charge on any atom is -0.497 e. The van der Waals surface area contributed by atoms with Crippen molar-refractivity contribution in [1.29, 1.82) is 0 Å². The summed E-state index contributed by atoms with van der Waals surface area (Å²) < 4.78 is 51.9. The number of hydrogen-bond acceptors (Lipinski definition) is 7. The van der Waals surface area contributed by atoms with Crippen molar-refractivity contribution in [2.24, 2.45) is 5.41 Å². The third-order valence-corrected chi connectivity index (χ3v) is 8.77. The minimum atomic E-state index is -1.28. The van der Waals surface area contributed by atoms with Gasteiger partial charge in [0.2, 0.25) is 5.91 Å². The molecule has 8 nitrogen and oxygen atoms in total. The molecule has 11 heteroatoms. The molecule has 44 heavy (non-hydrogen) atoms. The highest BCUT2D eigenvalue weighted by Crippen LogP contribution is 2.38. The summed E-state index contributed by atoms with van der Waals surface area (Å²) >= 11 is 0. The predicted octanol–water partition coefficient (Wildman–Crippen LogP) is 4.45. The molecular formula is C33H37F3N4O4. The molecule has 0 saturated carbocycles. The van der Waals surface area contributed by atoms with Gasteiger partial charge in [0.05, 0.1) is 43.4 Å². The summed E-state index contributed by atoms with van der Waals surface area (Å²) in [7, 11) is 1.64. The Balaban J connectivity index is 1.28. The van der Waals surface area contributed by atoms with Crippen LogP contribution in [0, 0.1) is 34.7 Å². The summed E-state index contributed by atoms with van der Waals surface area (Å²) in [6.45, 7) is 5.17. The Labute approximate surface area is 255 Å². The molecule has 0 unspecified atom stereocenters. The lowest BCUT2D eigenvalue weighted by Gasteiger charge is -2.39. The summed E-state index contributed by atoms with van der Waals surface area (Å²) in [6.07, 6.45) is 4.93. The maximum atomic E-state index is 13.9. The van der Waals surface area contributed by atoms with Gasteiger partial charge in [0.1, 0.15) is 11.6 Å². The third-order valence-electron chi connectivity index (χ3n) is 8.77. The number of rotatable bonds is 9. The first kappa shape index (κ1) is 31.7. The molecule has 234 valence electrons. The number of hydrogen-bond donors (Lipinski definition) is 2. The van der Waals surface area contributed by atoms with Gasteiger partial charge >= 0.3 is 0 Å². The van der Waals surface area contributed by atoms with Gasteiger partial charge in [-0.05, 0) is 67.5 Å². The van der Waals surface area contributed by atoms with E-state index in [0.29, 0.717) is 58.1 Å². The Kier molecular flexibility index (Phi) is 10.4. The van der Waals surface area contributed by atoms with Crippen molar-refractivity contribution in [1.82, 2.24) is 20.3 Å². The molecule has 2 saturated heterocycles. The van der Waals surface area contributed by atoms with Gasteiger partial charge < -0.3 is 9.47 Å². The van der Waals surface area contributed by atoms with Gasteiger partial charge in [-0.1, -0.05) is 11.8 Å². The van der Waals surface area contributed by atoms with Crippen LogP contribution >= 0.6 is 0 Å². The normalized spacial score (nSPS) is 17.2. The molecule has 1 amide bonds.